The van der Waals surface area contributed by atoms with Crippen LogP contribution in [0.15, 0.2) is 36.4 Å². The molecular formula is C44H74CaO6. The summed E-state index contributed by atoms with van der Waals surface area (Å²) in [7, 11) is 0. The third-order valence-corrected chi connectivity index (χ3v) is 8.62. The standard InChI is InChI=1S/2C14H22O.4C4H8O.Ca/c2*1-13(2,3)10-7-8-12(15)11(9-10)14(4,5)6;4*1-2-4-5-3-1;/h2*7-9,15H,1-6H3;4*1-4H2;/q;;;;;;+2/p-2. The van der Waals surface area contributed by atoms with E-state index in [-0.39, 0.29) is 70.9 Å². The molecule has 4 saturated heterocycles. The third-order valence-electron chi connectivity index (χ3n) is 8.62. The number of hydrogen-bond acceptors (Lipinski definition) is 6. The summed E-state index contributed by atoms with van der Waals surface area (Å²) in [5.41, 5.74) is 4.35. The molecule has 4 heterocycles. The maximum absolute atomic E-state index is 11.7. The maximum atomic E-state index is 11.7. The van der Waals surface area contributed by atoms with E-state index < -0.39 is 0 Å². The van der Waals surface area contributed by atoms with Crippen molar-refractivity contribution in [3.63, 3.8) is 0 Å². The molecule has 4 fully saturated rings. The van der Waals surface area contributed by atoms with E-state index in [0.29, 0.717) is 0 Å². The second kappa shape index (κ2) is 25.3. The zero-order chi connectivity index (χ0) is 37.8. The van der Waals surface area contributed by atoms with E-state index in [0.717, 1.165) is 64.0 Å². The number of rotatable bonds is 0. The van der Waals surface area contributed by atoms with Crippen molar-refractivity contribution in [2.45, 2.75) is 156 Å². The Morgan fingerprint density at radius 2 is 0.588 bits per heavy atom. The van der Waals surface area contributed by atoms with Crippen LogP contribution in [0.4, 0.5) is 0 Å². The van der Waals surface area contributed by atoms with Gasteiger partial charge >= 0.3 is 37.7 Å². The van der Waals surface area contributed by atoms with Crippen LogP contribution in [-0.2, 0) is 40.6 Å². The molecule has 7 heteroatoms. The molecule has 6 nitrogen and oxygen atoms in total. The molecule has 2 aromatic rings. The van der Waals surface area contributed by atoms with Gasteiger partial charge in [-0.15, -0.1) is 11.5 Å². The predicted octanol–water partition coefficient (Wildman–Crippen LogP) is 9.52. The number of benzene rings is 2. The van der Waals surface area contributed by atoms with Crippen LogP contribution in [0.2, 0.25) is 0 Å². The number of hydrogen-bond donors (Lipinski definition) is 0. The van der Waals surface area contributed by atoms with Gasteiger partial charge < -0.3 is 29.2 Å². The third kappa shape index (κ3) is 22.8. The van der Waals surface area contributed by atoms with E-state index in [4.69, 9.17) is 18.9 Å². The van der Waals surface area contributed by atoms with Gasteiger partial charge in [-0.3, -0.25) is 0 Å². The molecular weight excluding hydrogens is 665 g/mol. The molecule has 2 aromatic carbocycles. The fourth-order valence-corrected chi connectivity index (χ4v) is 5.21. The quantitative estimate of drug-likeness (QED) is 0.251. The fourth-order valence-electron chi connectivity index (χ4n) is 5.21. The molecule has 0 unspecified atom stereocenters. The summed E-state index contributed by atoms with van der Waals surface area (Å²) in [4.78, 5) is 0. The van der Waals surface area contributed by atoms with Crippen molar-refractivity contribution in [2.75, 3.05) is 52.9 Å². The van der Waals surface area contributed by atoms with Gasteiger partial charge in [-0.25, -0.2) is 0 Å². The smallest absolute Gasteiger partial charge is 0.872 e. The summed E-state index contributed by atoms with van der Waals surface area (Å²) in [5, 5.41) is 23.5. The van der Waals surface area contributed by atoms with E-state index in [1.165, 1.54) is 62.5 Å². The topological polar surface area (TPSA) is 83.0 Å². The Morgan fingerprint density at radius 3 is 0.725 bits per heavy atom. The van der Waals surface area contributed by atoms with Crippen LogP contribution in [0, 0.1) is 0 Å². The molecule has 0 atom stereocenters. The van der Waals surface area contributed by atoms with Crippen LogP contribution < -0.4 is 10.2 Å². The summed E-state index contributed by atoms with van der Waals surface area (Å²) in [6.07, 6.45) is 10.2. The van der Waals surface area contributed by atoms with Crippen LogP contribution in [0.3, 0.4) is 0 Å². The molecule has 6 rings (SSSR count). The van der Waals surface area contributed by atoms with E-state index in [1.807, 2.05) is 12.1 Å². The zero-order valence-corrected chi connectivity index (χ0v) is 37.1. The molecule has 0 saturated carbocycles. The van der Waals surface area contributed by atoms with Gasteiger partial charge in [0.15, 0.2) is 0 Å². The summed E-state index contributed by atoms with van der Waals surface area (Å²) < 4.78 is 19.8. The average Bonchev–Trinajstić information content (AvgIpc) is 3.87. The van der Waals surface area contributed by atoms with Gasteiger partial charge in [-0.05, 0) is 84.2 Å². The second-order valence-corrected chi connectivity index (χ2v) is 17.7. The van der Waals surface area contributed by atoms with Gasteiger partial charge in [0.25, 0.3) is 0 Å². The number of ether oxygens (including phenoxy) is 4. The monoisotopic (exact) mass is 739 g/mol. The minimum absolute atomic E-state index is 0. The molecule has 0 aliphatic carbocycles. The Hall–Kier alpha value is -0.860. The summed E-state index contributed by atoms with van der Waals surface area (Å²) in [6, 6.07) is 11.4. The Morgan fingerprint density at radius 1 is 0.373 bits per heavy atom. The van der Waals surface area contributed by atoms with Crippen LogP contribution >= 0.6 is 0 Å². The van der Waals surface area contributed by atoms with Crippen molar-refractivity contribution in [1.82, 2.24) is 0 Å². The van der Waals surface area contributed by atoms with Gasteiger partial charge in [0.05, 0.1) is 0 Å². The van der Waals surface area contributed by atoms with E-state index >= 15 is 0 Å². The van der Waals surface area contributed by atoms with Crippen LogP contribution in [-0.4, -0.2) is 90.6 Å². The van der Waals surface area contributed by atoms with Crippen molar-refractivity contribution >= 4 is 37.7 Å². The first-order valence-corrected chi connectivity index (χ1v) is 19.2. The summed E-state index contributed by atoms with van der Waals surface area (Å²) in [6.45, 7) is 33.5. The van der Waals surface area contributed by atoms with Gasteiger partial charge in [0, 0.05) is 52.9 Å². The van der Waals surface area contributed by atoms with Crippen molar-refractivity contribution in [1.29, 1.82) is 0 Å². The molecule has 0 aromatic heterocycles. The van der Waals surface area contributed by atoms with Crippen molar-refractivity contribution in [3.8, 4) is 11.5 Å². The van der Waals surface area contributed by atoms with Crippen molar-refractivity contribution < 1.29 is 29.2 Å². The van der Waals surface area contributed by atoms with Gasteiger partial charge in [-0.2, -0.15) is 0 Å². The Labute approximate surface area is 343 Å². The van der Waals surface area contributed by atoms with Crippen LogP contribution in [0.25, 0.3) is 0 Å². The summed E-state index contributed by atoms with van der Waals surface area (Å²) in [5.74, 6) is 0.297. The SMILES string of the molecule is C1CCOC1.C1CCOC1.C1CCOC1.C1CCOC1.CC(C)(C)c1ccc([O-])c(C(C)(C)C)c1.CC(C)(C)c1ccc([O-])c(C(C)(C)C)c1.[Ca+2]. The molecule has 0 spiro atoms. The van der Waals surface area contributed by atoms with Crippen LogP contribution in [0.5, 0.6) is 11.5 Å². The van der Waals surface area contributed by atoms with Crippen LogP contribution in [0.1, 0.15) is 157 Å². The van der Waals surface area contributed by atoms with E-state index in [2.05, 4.69) is 95.2 Å². The van der Waals surface area contributed by atoms with Gasteiger partial charge in [-0.1, -0.05) is 131 Å². The summed E-state index contributed by atoms with van der Waals surface area (Å²) >= 11 is 0. The van der Waals surface area contributed by atoms with Gasteiger partial charge in [0.2, 0.25) is 0 Å². The van der Waals surface area contributed by atoms with E-state index in [9.17, 15) is 10.2 Å². The maximum Gasteiger partial charge on any atom is 2.00 e. The van der Waals surface area contributed by atoms with E-state index in [1.54, 1.807) is 12.1 Å². The molecule has 0 radical (unpaired) electrons. The van der Waals surface area contributed by atoms with Crippen molar-refractivity contribution in [3.05, 3.63) is 58.7 Å². The first kappa shape index (κ1) is 50.1. The minimum Gasteiger partial charge on any atom is -0.872 e. The second-order valence-electron chi connectivity index (χ2n) is 17.7. The van der Waals surface area contributed by atoms with Crippen molar-refractivity contribution in [2.24, 2.45) is 0 Å². The Bertz CT molecular complexity index is 1020. The molecule has 4 aliphatic heterocycles. The predicted molar refractivity (Wildman–Crippen MR) is 213 cm³/mol. The first-order valence-electron chi connectivity index (χ1n) is 19.2. The minimum atomic E-state index is -0.0711. The van der Waals surface area contributed by atoms with Gasteiger partial charge in [0.1, 0.15) is 0 Å². The molecule has 288 valence electrons. The largest absolute Gasteiger partial charge is 2.00 e. The molecule has 0 N–H and O–H groups in total. The molecule has 0 bridgehead atoms. The zero-order valence-electron chi connectivity index (χ0n) is 34.9. The Balaban J connectivity index is 0.000000634. The normalized spacial score (nSPS) is 17.0. The molecule has 51 heavy (non-hydrogen) atoms. The fraction of sp³-hybridized carbons (Fsp3) is 0.727. The Kier molecular flexibility index (Phi) is 24.8. The first-order chi connectivity index (χ1) is 23.2. The average molecular weight is 739 g/mol. The molecule has 0 amide bonds. The molecule has 4 aliphatic rings.